The van der Waals surface area contributed by atoms with E-state index in [1.165, 1.54) is 6.07 Å². The average Bonchev–Trinajstić information content (AvgIpc) is 2.62. The van der Waals surface area contributed by atoms with Gasteiger partial charge in [-0.2, -0.15) is 0 Å². The van der Waals surface area contributed by atoms with Crippen molar-refractivity contribution in [2.24, 2.45) is 21.7 Å². The Hall–Kier alpha value is -3.37. The standard InChI is InChI=1S/C16H19N7O3/c17-8-7-15(25)26-12-4-2-1-3-10(12)22-23-11-5-6-13(21-16(11)19)20-14(24)9-18/h1-6H,7-9,17-18H2,(H3,19,20,21,24). The molecule has 0 aliphatic carbocycles. The van der Waals surface area contributed by atoms with Crippen LogP contribution in [-0.2, 0) is 9.59 Å². The van der Waals surface area contributed by atoms with Crippen molar-refractivity contribution in [2.75, 3.05) is 24.1 Å². The molecule has 0 atom stereocenters. The smallest absolute Gasteiger partial charge is 0.312 e. The number of nitrogens with zero attached hydrogens (tertiary/aromatic N) is 3. The lowest BCUT2D eigenvalue weighted by Crippen LogP contribution is -2.22. The molecule has 7 N–H and O–H groups in total. The third-order valence-electron chi connectivity index (χ3n) is 3.06. The molecule has 0 spiro atoms. The number of nitrogens with two attached hydrogens (primary N) is 3. The van der Waals surface area contributed by atoms with Gasteiger partial charge in [0.2, 0.25) is 5.91 Å². The molecule has 0 aliphatic heterocycles. The zero-order valence-electron chi connectivity index (χ0n) is 13.9. The Morgan fingerprint density at radius 1 is 1.08 bits per heavy atom. The minimum atomic E-state index is -0.462. The van der Waals surface area contributed by atoms with Gasteiger partial charge < -0.3 is 27.3 Å². The van der Waals surface area contributed by atoms with Crippen LogP contribution >= 0.6 is 0 Å². The fourth-order valence-electron chi connectivity index (χ4n) is 1.84. The number of hydrogen-bond acceptors (Lipinski definition) is 9. The van der Waals surface area contributed by atoms with Crippen molar-refractivity contribution in [2.45, 2.75) is 6.42 Å². The first kappa shape index (κ1) is 19.0. The van der Waals surface area contributed by atoms with Gasteiger partial charge in [-0.3, -0.25) is 9.59 Å². The van der Waals surface area contributed by atoms with Crippen LogP contribution in [0.5, 0.6) is 5.75 Å². The normalized spacial score (nSPS) is 10.7. The number of rotatable bonds is 7. The highest BCUT2D eigenvalue weighted by molar-refractivity contribution is 5.91. The van der Waals surface area contributed by atoms with Crippen LogP contribution in [-0.4, -0.2) is 29.9 Å². The Bertz CT molecular complexity index is 823. The molecule has 1 heterocycles. The number of amides is 1. The number of esters is 1. The van der Waals surface area contributed by atoms with Gasteiger partial charge in [-0.05, 0) is 24.3 Å². The van der Waals surface area contributed by atoms with E-state index < -0.39 is 5.97 Å². The summed E-state index contributed by atoms with van der Waals surface area (Å²) in [6.45, 7) is 0.0282. The van der Waals surface area contributed by atoms with Gasteiger partial charge in [0.1, 0.15) is 17.2 Å². The van der Waals surface area contributed by atoms with Crippen LogP contribution in [0.3, 0.4) is 0 Å². The van der Waals surface area contributed by atoms with Crippen molar-refractivity contribution in [1.82, 2.24) is 4.98 Å². The lowest BCUT2D eigenvalue weighted by molar-refractivity contribution is -0.134. The van der Waals surface area contributed by atoms with Crippen molar-refractivity contribution in [3.05, 3.63) is 36.4 Å². The van der Waals surface area contributed by atoms with Crippen LogP contribution in [0.4, 0.5) is 23.0 Å². The quantitative estimate of drug-likeness (QED) is 0.328. The minimum Gasteiger partial charge on any atom is -0.424 e. The first-order valence-electron chi connectivity index (χ1n) is 7.71. The van der Waals surface area contributed by atoms with Gasteiger partial charge >= 0.3 is 5.97 Å². The zero-order valence-corrected chi connectivity index (χ0v) is 13.9. The van der Waals surface area contributed by atoms with E-state index in [0.717, 1.165) is 0 Å². The van der Waals surface area contributed by atoms with Crippen molar-refractivity contribution in [3.63, 3.8) is 0 Å². The molecule has 10 heteroatoms. The maximum atomic E-state index is 11.6. The molecule has 0 fully saturated rings. The highest BCUT2D eigenvalue weighted by Gasteiger charge is 2.09. The molecule has 0 saturated heterocycles. The third kappa shape index (κ3) is 5.33. The van der Waals surface area contributed by atoms with Crippen molar-refractivity contribution in [1.29, 1.82) is 0 Å². The largest absolute Gasteiger partial charge is 0.424 e. The SMILES string of the molecule is NCCC(=O)Oc1ccccc1N=Nc1ccc(NC(=O)CN)nc1N. The number of azo groups is 1. The number of carbonyl (C=O) groups excluding carboxylic acids is 2. The second-order valence-electron chi connectivity index (χ2n) is 5.03. The van der Waals surface area contributed by atoms with Crippen LogP contribution in [0.25, 0.3) is 0 Å². The number of ether oxygens (including phenoxy) is 1. The van der Waals surface area contributed by atoms with Gasteiger partial charge in [-0.1, -0.05) is 12.1 Å². The van der Waals surface area contributed by atoms with E-state index in [1.807, 2.05) is 0 Å². The summed E-state index contributed by atoms with van der Waals surface area (Å²) < 4.78 is 5.20. The van der Waals surface area contributed by atoms with E-state index in [0.29, 0.717) is 11.4 Å². The summed E-state index contributed by atoms with van der Waals surface area (Å²) in [5.74, 6) is -0.266. The number of aromatic nitrogens is 1. The molecule has 26 heavy (non-hydrogen) atoms. The molecule has 0 unspecified atom stereocenters. The van der Waals surface area contributed by atoms with Gasteiger partial charge in [0.15, 0.2) is 11.6 Å². The van der Waals surface area contributed by atoms with Gasteiger partial charge in [0, 0.05) is 6.54 Å². The molecular formula is C16H19N7O3. The maximum Gasteiger partial charge on any atom is 0.312 e. The van der Waals surface area contributed by atoms with Crippen molar-refractivity contribution in [3.8, 4) is 5.75 Å². The number of para-hydroxylation sites is 1. The van der Waals surface area contributed by atoms with Gasteiger partial charge in [0.25, 0.3) is 0 Å². The molecule has 2 rings (SSSR count). The van der Waals surface area contributed by atoms with Gasteiger partial charge in [0.05, 0.1) is 13.0 Å². The molecule has 2 aromatic rings. The molecule has 1 aromatic carbocycles. The molecule has 0 saturated carbocycles. The summed E-state index contributed by atoms with van der Waals surface area (Å²) in [7, 11) is 0. The van der Waals surface area contributed by atoms with Gasteiger partial charge in [-0.15, -0.1) is 10.2 Å². The highest BCUT2D eigenvalue weighted by Crippen LogP contribution is 2.30. The van der Waals surface area contributed by atoms with E-state index in [9.17, 15) is 9.59 Å². The predicted molar refractivity (Wildman–Crippen MR) is 96.3 cm³/mol. The zero-order chi connectivity index (χ0) is 18.9. The fourth-order valence-corrected chi connectivity index (χ4v) is 1.84. The monoisotopic (exact) mass is 357 g/mol. The average molecular weight is 357 g/mol. The molecule has 0 aliphatic rings. The van der Waals surface area contributed by atoms with Crippen LogP contribution < -0.4 is 27.3 Å². The van der Waals surface area contributed by atoms with E-state index in [2.05, 4.69) is 20.5 Å². The summed E-state index contributed by atoms with van der Waals surface area (Å²) in [6, 6.07) is 9.72. The minimum absolute atomic E-state index is 0.0705. The fraction of sp³-hybridized carbons (Fsp3) is 0.188. The Labute approximate surface area is 149 Å². The molecule has 0 radical (unpaired) electrons. The summed E-state index contributed by atoms with van der Waals surface area (Å²) in [6.07, 6.45) is 0.0956. The van der Waals surface area contributed by atoms with Crippen LogP contribution in [0.15, 0.2) is 46.6 Å². The topological polar surface area (TPSA) is 171 Å². The number of anilines is 2. The summed E-state index contributed by atoms with van der Waals surface area (Å²) in [5.41, 5.74) is 17.0. The Morgan fingerprint density at radius 2 is 1.81 bits per heavy atom. The van der Waals surface area contributed by atoms with Crippen molar-refractivity contribution >= 4 is 34.9 Å². The number of carbonyl (C=O) groups is 2. The van der Waals surface area contributed by atoms with Crippen molar-refractivity contribution < 1.29 is 14.3 Å². The first-order valence-corrected chi connectivity index (χ1v) is 7.71. The Kier molecular flexibility index (Phi) is 6.71. The second-order valence-corrected chi connectivity index (χ2v) is 5.03. The lowest BCUT2D eigenvalue weighted by Gasteiger charge is -2.06. The number of nitrogen functional groups attached to an aromatic ring is 1. The number of benzene rings is 1. The highest BCUT2D eigenvalue weighted by atomic mass is 16.5. The first-order chi connectivity index (χ1) is 12.5. The summed E-state index contributed by atoms with van der Waals surface area (Å²) >= 11 is 0. The van der Waals surface area contributed by atoms with Crippen LogP contribution in [0.2, 0.25) is 0 Å². The number of hydrogen-bond donors (Lipinski definition) is 4. The van der Waals surface area contributed by atoms with Crippen LogP contribution in [0.1, 0.15) is 6.42 Å². The van der Waals surface area contributed by atoms with E-state index in [1.54, 1.807) is 30.3 Å². The second kappa shape index (κ2) is 9.20. The Balaban J connectivity index is 2.17. The van der Waals surface area contributed by atoms with E-state index in [-0.39, 0.29) is 42.8 Å². The third-order valence-corrected chi connectivity index (χ3v) is 3.06. The number of nitrogens with one attached hydrogen (secondary N) is 1. The molecule has 10 nitrogen and oxygen atoms in total. The van der Waals surface area contributed by atoms with E-state index in [4.69, 9.17) is 21.9 Å². The Morgan fingerprint density at radius 3 is 2.50 bits per heavy atom. The predicted octanol–water partition coefficient (Wildman–Crippen LogP) is 1.23. The molecular weight excluding hydrogens is 338 g/mol. The molecule has 0 bridgehead atoms. The van der Waals surface area contributed by atoms with E-state index >= 15 is 0 Å². The number of pyridine rings is 1. The lowest BCUT2D eigenvalue weighted by atomic mass is 10.3. The summed E-state index contributed by atoms with van der Waals surface area (Å²) in [4.78, 5) is 26.9. The molecule has 1 aromatic heterocycles. The van der Waals surface area contributed by atoms with Gasteiger partial charge in [-0.25, -0.2) is 4.98 Å². The molecule has 136 valence electrons. The molecule has 1 amide bonds. The summed E-state index contributed by atoms with van der Waals surface area (Å²) in [5, 5.41) is 10.5. The maximum absolute atomic E-state index is 11.6. The van der Waals surface area contributed by atoms with Crippen LogP contribution in [0, 0.1) is 0 Å².